The first-order valence-corrected chi connectivity index (χ1v) is 2.47. The van der Waals surface area contributed by atoms with Gasteiger partial charge in [0.05, 0.1) is 6.61 Å². The molecule has 0 aliphatic carbocycles. The molecule has 0 saturated carbocycles. The molecule has 0 radical (unpaired) electrons. The molecule has 0 unspecified atom stereocenters. The van der Waals surface area contributed by atoms with Gasteiger partial charge in [0.2, 0.25) is 0 Å². The average Bonchev–Trinajstić information content (AvgIpc) is 1.83. The van der Waals surface area contributed by atoms with Gasteiger partial charge in [-0.3, -0.25) is 0 Å². The van der Waals surface area contributed by atoms with Crippen LogP contribution in [0, 0.1) is 0 Å². The van der Waals surface area contributed by atoms with E-state index in [0.717, 1.165) is 6.42 Å². The van der Waals surface area contributed by atoms with Crippen LogP contribution in [0.1, 0.15) is 13.3 Å². The Bertz CT molecular complexity index is 77.7. The van der Waals surface area contributed by atoms with Gasteiger partial charge in [0.25, 0.3) is 0 Å². The van der Waals surface area contributed by atoms with Crippen molar-refractivity contribution in [1.82, 2.24) is 0 Å². The molecule has 0 aliphatic heterocycles. The van der Waals surface area contributed by atoms with E-state index in [1.165, 1.54) is 0 Å². The highest BCUT2D eigenvalue weighted by Gasteiger charge is 1.87. The molecule has 0 saturated heterocycles. The second-order valence-corrected chi connectivity index (χ2v) is 1.32. The molecule has 0 aromatic heterocycles. The number of aliphatic hydroxyl groups excluding tert-OH is 2. The van der Waals surface area contributed by atoms with Gasteiger partial charge in [-0.15, -0.1) is 0 Å². The zero-order valence-electron chi connectivity index (χ0n) is 4.79. The van der Waals surface area contributed by atoms with Gasteiger partial charge >= 0.3 is 5.95 Å². The molecule has 3 heteroatoms. The molecule has 8 heavy (non-hydrogen) atoms. The van der Waals surface area contributed by atoms with E-state index in [-0.39, 0.29) is 0 Å². The summed E-state index contributed by atoms with van der Waals surface area (Å²) in [6.07, 6.45) is 1.34. The van der Waals surface area contributed by atoms with E-state index in [1.807, 2.05) is 6.92 Å². The first kappa shape index (κ1) is 7.14. The highest BCUT2D eigenvalue weighted by Crippen LogP contribution is 1.89. The van der Waals surface area contributed by atoms with Crippen molar-refractivity contribution in [3.8, 4) is 0 Å². The lowest BCUT2D eigenvalue weighted by molar-refractivity contribution is 0.0829. The van der Waals surface area contributed by atoms with E-state index in [9.17, 15) is 0 Å². The van der Waals surface area contributed by atoms with Crippen molar-refractivity contribution in [3.05, 3.63) is 12.2 Å². The van der Waals surface area contributed by atoms with Crippen LogP contribution in [0.15, 0.2) is 12.2 Å². The quantitative estimate of drug-likeness (QED) is 0.549. The fraction of sp³-hybridized carbons (Fsp3) is 0.600. The lowest BCUT2D eigenvalue weighted by atomic mass is 10.5. The van der Waals surface area contributed by atoms with Gasteiger partial charge in [0.1, 0.15) is 0 Å². The Labute approximate surface area is 48.2 Å². The molecule has 2 N–H and O–H groups in total. The van der Waals surface area contributed by atoms with E-state index < -0.39 is 5.95 Å². The predicted octanol–water partition coefficient (Wildman–Crippen LogP) is 1.33. The fourth-order valence-electron chi connectivity index (χ4n) is 0.244. The number of hydrogen-bond acceptors (Lipinski definition) is 3. The Kier molecular flexibility index (Phi) is 3.84. The van der Waals surface area contributed by atoms with Gasteiger partial charge in [-0.1, -0.05) is 6.92 Å². The summed E-state index contributed by atoms with van der Waals surface area (Å²) < 4.78 is 4.51. The Balaban J connectivity index is 3.12. The SMILES string of the molecule is CCCOC(O)=CO. The monoisotopic (exact) mass is 118 g/mol. The van der Waals surface area contributed by atoms with E-state index >= 15 is 0 Å². The van der Waals surface area contributed by atoms with Gasteiger partial charge in [-0.25, -0.2) is 0 Å². The Morgan fingerprint density at radius 1 is 1.75 bits per heavy atom. The third-order valence-corrected chi connectivity index (χ3v) is 0.565. The average molecular weight is 118 g/mol. The Hall–Kier alpha value is -0.860. The summed E-state index contributed by atoms with van der Waals surface area (Å²) in [5.41, 5.74) is 0. The second kappa shape index (κ2) is 4.30. The number of ether oxygens (including phenoxy) is 1. The fourth-order valence-corrected chi connectivity index (χ4v) is 0.244. The summed E-state index contributed by atoms with van der Waals surface area (Å²) in [5.74, 6) is -0.424. The second-order valence-electron chi connectivity index (χ2n) is 1.32. The van der Waals surface area contributed by atoms with Crippen molar-refractivity contribution in [1.29, 1.82) is 0 Å². The van der Waals surface area contributed by atoms with Crippen LogP contribution < -0.4 is 0 Å². The van der Waals surface area contributed by atoms with Crippen LogP contribution >= 0.6 is 0 Å². The topological polar surface area (TPSA) is 49.7 Å². The molecule has 0 amide bonds. The molecule has 0 aromatic rings. The van der Waals surface area contributed by atoms with Crippen LogP contribution in [0.5, 0.6) is 0 Å². The van der Waals surface area contributed by atoms with E-state index in [0.29, 0.717) is 12.9 Å². The maximum atomic E-state index is 8.38. The maximum absolute atomic E-state index is 8.38. The molecule has 0 heterocycles. The lowest BCUT2D eigenvalue weighted by Gasteiger charge is -1.98. The van der Waals surface area contributed by atoms with Crippen molar-refractivity contribution in [2.45, 2.75) is 13.3 Å². The zero-order chi connectivity index (χ0) is 6.41. The first-order valence-electron chi connectivity index (χ1n) is 2.47. The van der Waals surface area contributed by atoms with Crippen LogP contribution in [0.3, 0.4) is 0 Å². The molecular weight excluding hydrogens is 108 g/mol. The number of aliphatic hydroxyl groups is 2. The smallest absolute Gasteiger partial charge is 0.312 e. The summed E-state index contributed by atoms with van der Waals surface area (Å²) in [6, 6.07) is 0. The summed E-state index contributed by atoms with van der Waals surface area (Å²) in [5, 5.41) is 16.4. The van der Waals surface area contributed by atoms with Crippen LogP contribution in [0.4, 0.5) is 0 Å². The normalized spacial score (nSPS) is 11.4. The summed E-state index contributed by atoms with van der Waals surface area (Å²) >= 11 is 0. The molecule has 0 rings (SSSR count). The minimum absolute atomic E-state index is 0.424. The van der Waals surface area contributed by atoms with Crippen LogP contribution in [-0.2, 0) is 4.74 Å². The molecule has 0 aliphatic rings. The standard InChI is InChI=1S/C5H10O3/c1-2-3-8-5(7)4-6/h4,6-7H,2-3H2,1H3. The molecule has 48 valence electrons. The summed E-state index contributed by atoms with van der Waals surface area (Å²) in [4.78, 5) is 0. The third kappa shape index (κ3) is 3.33. The van der Waals surface area contributed by atoms with Gasteiger partial charge in [-0.05, 0) is 6.42 Å². The first-order chi connectivity index (χ1) is 3.81. The Morgan fingerprint density at radius 2 is 2.38 bits per heavy atom. The van der Waals surface area contributed by atoms with Gasteiger partial charge in [0.15, 0.2) is 6.26 Å². The molecular formula is C5H10O3. The van der Waals surface area contributed by atoms with Gasteiger partial charge in [-0.2, -0.15) is 0 Å². The molecule has 0 aromatic carbocycles. The minimum atomic E-state index is -0.424. The number of hydrogen-bond donors (Lipinski definition) is 2. The minimum Gasteiger partial charge on any atom is -0.508 e. The summed E-state index contributed by atoms with van der Waals surface area (Å²) in [6.45, 7) is 2.34. The highest BCUT2D eigenvalue weighted by molar-refractivity contribution is 4.68. The maximum Gasteiger partial charge on any atom is 0.312 e. The van der Waals surface area contributed by atoms with Crippen LogP contribution in [0.2, 0.25) is 0 Å². The van der Waals surface area contributed by atoms with Crippen LogP contribution in [0.25, 0.3) is 0 Å². The molecule has 0 fully saturated rings. The molecule has 0 atom stereocenters. The predicted molar refractivity (Wildman–Crippen MR) is 29.6 cm³/mol. The third-order valence-electron chi connectivity index (χ3n) is 0.565. The van der Waals surface area contributed by atoms with E-state index in [4.69, 9.17) is 10.2 Å². The van der Waals surface area contributed by atoms with Crippen molar-refractivity contribution in [2.24, 2.45) is 0 Å². The number of rotatable bonds is 3. The van der Waals surface area contributed by atoms with Crippen molar-refractivity contribution < 1.29 is 14.9 Å². The van der Waals surface area contributed by atoms with E-state index in [1.54, 1.807) is 0 Å². The highest BCUT2D eigenvalue weighted by atomic mass is 16.6. The lowest BCUT2D eigenvalue weighted by Crippen LogP contribution is -1.91. The molecule has 0 spiro atoms. The summed E-state index contributed by atoms with van der Waals surface area (Å²) in [7, 11) is 0. The molecule has 3 nitrogen and oxygen atoms in total. The Morgan fingerprint density at radius 3 is 2.75 bits per heavy atom. The van der Waals surface area contributed by atoms with Crippen molar-refractivity contribution >= 4 is 0 Å². The van der Waals surface area contributed by atoms with Gasteiger partial charge in [0, 0.05) is 0 Å². The van der Waals surface area contributed by atoms with Crippen LogP contribution in [-0.4, -0.2) is 16.8 Å². The van der Waals surface area contributed by atoms with E-state index in [2.05, 4.69) is 4.74 Å². The van der Waals surface area contributed by atoms with Crippen molar-refractivity contribution in [3.63, 3.8) is 0 Å². The zero-order valence-corrected chi connectivity index (χ0v) is 4.79. The van der Waals surface area contributed by atoms with Gasteiger partial charge < -0.3 is 14.9 Å². The largest absolute Gasteiger partial charge is 0.508 e. The molecule has 0 bridgehead atoms. The van der Waals surface area contributed by atoms with Crippen molar-refractivity contribution in [2.75, 3.05) is 6.61 Å².